The second-order valence-electron chi connectivity index (χ2n) is 2.75. The largest absolute Gasteiger partial charge is 0.481 e. The van der Waals surface area contributed by atoms with Gasteiger partial charge in [0, 0.05) is 12.0 Å². The smallest absolute Gasteiger partial charge is 0.311 e. The number of hydrogen-bond donors (Lipinski definition) is 2. The van der Waals surface area contributed by atoms with E-state index in [-0.39, 0.29) is 11.3 Å². The van der Waals surface area contributed by atoms with Crippen molar-refractivity contribution in [1.82, 2.24) is 0 Å². The summed E-state index contributed by atoms with van der Waals surface area (Å²) in [4.78, 5) is 21.6. The Morgan fingerprint density at radius 2 is 2.21 bits per heavy atom. The van der Waals surface area contributed by atoms with Crippen molar-refractivity contribution < 1.29 is 19.9 Å². The number of oxime groups is 1. The van der Waals surface area contributed by atoms with Crippen molar-refractivity contribution >= 4 is 17.5 Å². The van der Waals surface area contributed by atoms with E-state index >= 15 is 0 Å². The SMILES string of the molecule is O=C(O)CC(=O)C1=CC=CCC1=NO. The minimum absolute atomic E-state index is 0.164. The van der Waals surface area contributed by atoms with Crippen LogP contribution in [0.4, 0.5) is 0 Å². The Labute approximate surface area is 80.0 Å². The van der Waals surface area contributed by atoms with Crippen molar-refractivity contribution in [1.29, 1.82) is 0 Å². The van der Waals surface area contributed by atoms with Crippen LogP contribution >= 0.6 is 0 Å². The summed E-state index contributed by atoms with van der Waals surface area (Å²) in [5.41, 5.74) is 0.371. The Hall–Kier alpha value is -1.91. The van der Waals surface area contributed by atoms with Crippen LogP contribution in [0, 0.1) is 0 Å². The average Bonchev–Trinajstić information content (AvgIpc) is 2.16. The highest BCUT2D eigenvalue weighted by Crippen LogP contribution is 2.12. The molecule has 2 N–H and O–H groups in total. The van der Waals surface area contributed by atoms with Gasteiger partial charge in [0.1, 0.15) is 6.42 Å². The van der Waals surface area contributed by atoms with Crippen LogP contribution in [0.25, 0.3) is 0 Å². The number of allylic oxidation sites excluding steroid dienone is 4. The zero-order valence-corrected chi connectivity index (χ0v) is 7.30. The van der Waals surface area contributed by atoms with Crippen LogP contribution in [-0.2, 0) is 9.59 Å². The molecule has 0 saturated carbocycles. The Morgan fingerprint density at radius 1 is 1.50 bits per heavy atom. The fourth-order valence-electron chi connectivity index (χ4n) is 1.13. The predicted molar refractivity (Wildman–Crippen MR) is 48.3 cm³/mol. The van der Waals surface area contributed by atoms with Gasteiger partial charge < -0.3 is 10.3 Å². The molecule has 0 saturated heterocycles. The van der Waals surface area contributed by atoms with Crippen LogP contribution in [0.1, 0.15) is 12.8 Å². The fraction of sp³-hybridized carbons (Fsp3) is 0.222. The minimum Gasteiger partial charge on any atom is -0.481 e. The van der Waals surface area contributed by atoms with Gasteiger partial charge in [0.15, 0.2) is 5.78 Å². The molecule has 0 amide bonds. The molecule has 0 aromatic rings. The van der Waals surface area contributed by atoms with Crippen LogP contribution in [0.2, 0.25) is 0 Å². The van der Waals surface area contributed by atoms with Crippen molar-refractivity contribution in [3.05, 3.63) is 23.8 Å². The van der Waals surface area contributed by atoms with Gasteiger partial charge in [-0.1, -0.05) is 17.3 Å². The first-order chi connectivity index (χ1) is 6.65. The Bertz CT molecular complexity index is 352. The molecule has 1 aliphatic carbocycles. The third kappa shape index (κ3) is 2.29. The van der Waals surface area contributed by atoms with Gasteiger partial charge in [-0.05, 0) is 6.08 Å². The summed E-state index contributed by atoms with van der Waals surface area (Å²) in [6, 6.07) is 0. The van der Waals surface area contributed by atoms with E-state index < -0.39 is 18.2 Å². The van der Waals surface area contributed by atoms with E-state index in [1.54, 1.807) is 12.2 Å². The van der Waals surface area contributed by atoms with E-state index in [4.69, 9.17) is 10.3 Å². The maximum Gasteiger partial charge on any atom is 0.311 e. The van der Waals surface area contributed by atoms with Gasteiger partial charge in [-0.15, -0.1) is 0 Å². The second-order valence-corrected chi connectivity index (χ2v) is 2.75. The van der Waals surface area contributed by atoms with Gasteiger partial charge in [-0.3, -0.25) is 9.59 Å². The number of hydrogen-bond acceptors (Lipinski definition) is 4. The highest BCUT2D eigenvalue weighted by molar-refractivity contribution is 6.25. The van der Waals surface area contributed by atoms with Crippen molar-refractivity contribution in [2.45, 2.75) is 12.8 Å². The summed E-state index contributed by atoms with van der Waals surface area (Å²) in [6.45, 7) is 0. The van der Waals surface area contributed by atoms with Crippen LogP contribution in [0.15, 0.2) is 29.0 Å². The fourth-order valence-corrected chi connectivity index (χ4v) is 1.13. The molecule has 0 bridgehead atoms. The summed E-state index contributed by atoms with van der Waals surface area (Å²) in [6.07, 6.45) is 4.55. The number of carboxylic acid groups (broad SMARTS) is 1. The minimum atomic E-state index is -1.19. The molecule has 5 heteroatoms. The summed E-state index contributed by atoms with van der Waals surface area (Å²) in [5, 5.41) is 19.9. The monoisotopic (exact) mass is 195 g/mol. The van der Waals surface area contributed by atoms with Gasteiger partial charge in [-0.25, -0.2) is 0 Å². The maximum absolute atomic E-state index is 11.3. The molecule has 5 nitrogen and oxygen atoms in total. The van der Waals surface area contributed by atoms with Crippen molar-refractivity contribution in [2.24, 2.45) is 5.16 Å². The maximum atomic E-state index is 11.3. The van der Waals surface area contributed by atoms with Crippen molar-refractivity contribution in [3.63, 3.8) is 0 Å². The molecule has 0 aromatic carbocycles. The number of ketones is 1. The standard InChI is InChI=1S/C9H9NO4/c11-8(5-9(12)13)6-3-1-2-4-7(6)10-14/h1-3,14H,4-5H2,(H,12,13). The first kappa shape index (κ1) is 10.2. The highest BCUT2D eigenvalue weighted by Gasteiger charge is 2.19. The molecule has 0 unspecified atom stereocenters. The number of rotatable bonds is 3. The van der Waals surface area contributed by atoms with E-state index in [9.17, 15) is 9.59 Å². The topological polar surface area (TPSA) is 87.0 Å². The molecule has 0 spiro atoms. The lowest BCUT2D eigenvalue weighted by Crippen LogP contribution is -2.17. The molecule has 0 aromatic heterocycles. The summed E-state index contributed by atoms with van der Waals surface area (Å²) in [7, 11) is 0. The lowest BCUT2D eigenvalue weighted by Gasteiger charge is -2.07. The van der Waals surface area contributed by atoms with E-state index in [1.807, 2.05) is 0 Å². The number of carboxylic acids is 1. The molecule has 0 heterocycles. The number of nitrogens with zero attached hydrogens (tertiary/aromatic N) is 1. The Kier molecular flexibility index (Phi) is 3.17. The average molecular weight is 195 g/mol. The molecule has 0 aliphatic heterocycles. The highest BCUT2D eigenvalue weighted by atomic mass is 16.4. The number of carbonyl (C=O) groups excluding carboxylic acids is 1. The molecule has 14 heavy (non-hydrogen) atoms. The molecular weight excluding hydrogens is 186 g/mol. The van der Waals surface area contributed by atoms with Gasteiger partial charge >= 0.3 is 5.97 Å². The quantitative estimate of drug-likeness (QED) is 0.395. The van der Waals surface area contributed by atoms with Gasteiger partial charge in [0.25, 0.3) is 0 Å². The lowest BCUT2D eigenvalue weighted by molar-refractivity contribution is -0.139. The predicted octanol–water partition coefficient (Wildman–Crippen LogP) is 0.747. The van der Waals surface area contributed by atoms with Crippen LogP contribution in [0.3, 0.4) is 0 Å². The van der Waals surface area contributed by atoms with Gasteiger partial charge in [0.05, 0.1) is 5.71 Å². The Morgan fingerprint density at radius 3 is 2.79 bits per heavy atom. The van der Waals surface area contributed by atoms with Crippen molar-refractivity contribution in [3.8, 4) is 0 Å². The molecule has 0 atom stereocenters. The summed E-state index contributed by atoms with van der Waals surface area (Å²) in [5.74, 6) is -1.74. The first-order valence-electron chi connectivity index (χ1n) is 3.98. The molecule has 0 fully saturated rings. The number of aliphatic carboxylic acids is 1. The normalized spacial score (nSPS) is 18.0. The summed E-state index contributed by atoms with van der Waals surface area (Å²) < 4.78 is 0. The number of Topliss-reactive ketones (excluding diaryl/α,β-unsaturated/α-hetero) is 1. The van der Waals surface area contributed by atoms with Crippen LogP contribution in [-0.4, -0.2) is 27.8 Å². The van der Waals surface area contributed by atoms with Crippen molar-refractivity contribution in [2.75, 3.05) is 0 Å². The third-order valence-corrected chi connectivity index (χ3v) is 1.75. The third-order valence-electron chi connectivity index (χ3n) is 1.75. The number of carbonyl (C=O) groups is 2. The Balaban J connectivity index is 2.84. The molecular formula is C9H9NO4. The van der Waals surface area contributed by atoms with Gasteiger partial charge in [0.2, 0.25) is 0 Å². The molecule has 1 rings (SSSR count). The second kappa shape index (κ2) is 4.36. The zero-order chi connectivity index (χ0) is 10.6. The molecule has 74 valence electrons. The van der Waals surface area contributed by atoms with Crippen LogP contribution < -0.4 is 0 Å². The zero-order valence-electron chi connectivity index (χ0n) is 7.30. The lowest BCUT2D eigenvalue weighted by atomic mass is 9.97. The van der Waals surface area contributed by atoms with E-state index in [0.29, 0.717) is 6.42 Å². The molecule has 1 aliphatic rings. The van der Waals surface area contributed by atoms with E-state index in [2.05, 4.69) is 5.16 Å². The summed E-state index contributed by atoms with van der Waals surface area (Å²) >= 11 is 0. The van der Waals surface area contributed by atoms with E-state index in [0.717, 1.165) is 0 Å². The first-order valence-corrected chi connectivity index (χ1v) is 3.98. The van der Waals surface area contributed by atoms with Crippen LogP contribution in [0.5, 0.6) is 0 Å². The van der Waals surface area contributed by atoms with Gasteiger partial charge in [-0.2, -0.15) is 0 Å². The molecule has 0 radical (unpaired) electrons. The van der Waals surface area contributed by atoms with E-state index in [1.165, 1.54) is 6.08 Å².